The first-order chi connectivity index (χ1) is 10.5. The summed E-state index contributed by atoms with van der Waals surface area (Å²) in [6.45, 7) is 7.17. The molecule has 2 aromatic carbocycles. The van der Waals surface area contributed by atoms with Crippen LogP contribution in [0.4, 0.5) is 0 Å². The summed E-state index contributed by atoms with van der Waals surface area (Å²) in [5.41, 5.74) is 7.00. The van der Waals surface area contributed by atoms with Crippen LogP contribution in [-0.4, -0.2) is 25.2 Å². The highest BCUT2D eigenvalue weighted by molar-refractivity contribution is 8.15. The molecule has 0 fully saturated rings. The zero-order valence-corrected chi connectivity index (χ0v) is 15.1. The molecule has 3 rings (SSSR count). The van der Waals surface area contributed by atoms with Gasteiger partial charge in [0.05, 0.1) is 12.7 Å². The van der Waals surface area contributed by atoms with Crippen molar-refractivity contribution in [3.63, 3.8) is 0 Å². The van der Waals surface area contributed by atoms with Crippen molar-refractivity contribution in [2.75, 3.05) is 19.1 Å². The minimum absolute atomic E-state index is 0.0659. The fraction of sp³-hybridized carbons (Fsp3) is 0.400. The third kappa shape index (κ3) is 2.82. The number of rotatable bonds is 4. The van der Waals surface area contributed by atoms with Gasteiger partial charge >= 0.3 is 0 Å². The van der Waals surface area contributed by atoms with Crippen LogP contribution >= 0.6 is 10.9 Å². The van der Waals surface area contributed by atoms with E-state index in [0.29, 0.717) is 5.92 Å². The van der Waals surface area contributed by atoms with Gasteiger partial charge in [-0.3, -0.25) is 0 Å². The molecule has 118 valence electrons. The van der Waals surface area contributed by atoms with E-state index < -0.39 is 0 Å². The van der Waals surface area contributed by atoms with E-state index in [4.69, 9.17) is 4.74 Å². The third-order valence-electron chi connectivity index (χ3n) is 4.40. The number of ether oxygens (including phenoxy) is 1. The highest BCUT2D eigenvalue weighted by atomic mass is 32.2. The molecular formula is C20H26OS. The Balaban J connectivity index is 2.09. The quantitative estimate of drug-likeness (QED) is 0.768. The SMILES string of the molecule is Cc1ccc2c(c1)C(COC(C)C)c1cc([SH](C)C)ccc1-2. The summed E-state index contributed by atoms with van der Waals surface area (Å²) in [6.07, 6.45) is 4.92. The highest BCUT2D eigenvalue weighted by Gasteiger charge is 2.29. The monoisotopic (exact) mass is 314 g/mol. The number of aryl methyl sites for hydroxylation is 1. The van der Waals surface area contributed by atoms with Gasteiger partial charge in [0.2, 0.25) is 0 Å². The van der Waals surface area contributed by atoms with Crippen LogP contribution in [0.1, 0.15) is 36.5 Å². The van der Waals surface area contributed by atoms with Crippen molar-refractivity contribution in [2.24, 2.45) is 0 Å². The summed E-state index contributed by atoms with van der Waals surface area (Å²) in [7, 11) is -0.0659. The van der Waals surface area contributed by atoms with Crippen LogP contribution in [-0.2, 0) is 4.74 Å². The Morgan fingerprint density at radius 1 is 1.00 bits per heavy atom. The standard InChI is InChI=1S/C20H26OS/c1-13(2)21-12-20-18-10-14(3)6-8-16(18)17-9-7-15(22(4)5)11-19(17)20/h6-11,13,20,22H,12H2,1-5H3. The highest BCUT2D eigenvalue weighted by Crippen LogP contribution is 2.47. The molecule has 0 amide bonds. The summed E-state index contributed by atoms with van der Waals surface area (Å²) in [5.74, 6) is 0.377. The number of hydrogen-bond acceptors (Lipinski definition) is 1. The Morgan fingerprint density at radius 3 is 2.27 bits per heavy atom. The molecule has 0 aliphatic heterocycles. The summed E-state index contributed by atoms with van der Waals surface area (Å²) in [4.78, 5) is 1.48. The van der Waals surface area contributed by atoms with Gasteiger partial charge in [-0.05, 0) is 72.6 Å². The number of fused-ring (bicyclic) bond motifs is 3. The second kappa shape index (κ2) is 6.10. The van der Waals surface area contributed by atoms with E-state index in [1.54, 1.807) is 0 Å². The smallest absolute Gasteiger partial charge is 0.0579 e. The van der Waals surface area contributed by atoms with Gasteiger partial charge in [0, 0.05) is 5.92 Å². The summed E-state index contributed by atoms with van der Waals surface area (Å²) >= 11 is 0. The van der Waals surface area contributed by atoms with E-state index in [1.807, 2.05) is 0 Å². The first-order valence-corrected chi connectivity index (χ1v) is 10.2. The van der Waals surface area contributed by atoms with Crippen molar-refractivity contribution in [1.82, 2.24) is 0 Å². The summed E-state index contributed by atoms with van der Waals surface area (Å²) in [5, 5.41) is 0. The van der Waals surface area contributed by atoms with Crippen LogP contribution in [0.5, 0.6) is 0 Å². The molecule has 2 heteroatoms. The normalized spacial score (nSPS) is 16.6. The molecule has 0 saturated carbocycles. The molecule has 1 aliphatic rings. The average Bonchev–Trinajstić information content (AvgIpc) is 2.77. The van der Waals surface area contributed by atoms with Crippen LogP contribution in [0.2, 0.25) is 0 Å². The molecular weight excluding hydrogens is 288 g/mol. The van der Waals surface area contributed by atoms with Crippen molar-refractivity contribution < 1.29 is 4.74 Å². The fourth-order valence-corrected chi connectivity index (χ4v) is 3.98. The molecule has 1 aliphatic carbocycles. The van der Waals surface area contributed by atoms with Gasteiger partial charge in [0.15, 0.2) is 0 Å². The van der Waals surface area contributed by atoms with Gasteiger partial charge in [-0.25, -0.2) is 10.9 Å². The van der Waals surface area contributed by atoms with Crippen molar-refractivity contribution in [2.45, 2.75) is 37.7 Å². The molecule has 0 spiro atoms. The van der Waals surface area contributed by atoms with E-state index in [9.17, 15) is 0 Å². The summed E-state index contributed by atoms with van der Waals surface area (Å²) < 4.78 is 5.98. The maximum atomic E-state index is 5.98. The Bertz CT molecular complexity index is 688. The van der Waals surface area contributed by atoms with Crippen LogP contribution in [0.3, 0.4) is 0 Å². The maximum absolute atomic E-state index is 5.98. The van der Waals surface area contributed by atoms with Gasteiger partial charge < -0.3 is 4.74 Å². The van der Waals surface area contributed by atoms with E-state index >= 15 is 0 Å². The van der Waals surface area contributed by atoms with E-state index in [1.165, 1.54) is 32.7 Å². The van der Waals surface area contributed by atoms with Gasteiger partial charge in [0.25, 0.3) is 0 Å². The van der Waals surface area contributed by atoms with E-state index in [-0.39, 0.29) is 17.0 Å². The number of benzene rings is 2. The largest absolute Gasteiger partial charge is 0.378 e. The first kappa shape index (κ1) is 15.6. The Labute approximate surface area is 137 Å². The maximum Gasteiger partial charge on any atom is 0.0579 e. The lowest BCUT2D eigenvalue weighted by Gasteiger charge is -2.18. The van der Waals surface area contributed by atoms with Crippen LogP contribution in [0.15, 0.2) is 41.3 Å². The molecule has 2 aromatic rings. The molecule has 0 radical (unpaired) electrons. The van der Waals surface area contributed by atoms with Crippen LogP contribution in [0, 0.1) is 6.92 Å². The minimum atomic E-state index is -0.0659. The minimum Gasteiger partial charge on any atom is -0.378 e. The van der Waals surface area contributed by atoms with E-state index in [2.05, 4.69) is 69.7 Å². The Hall–Kier alpha value is -1.25. The van der Waals surface area contributed by atoms with Crippen LogP contribution < -0.4 is 0 Å². The zero-order chi connectivity index (χ0) is 15.9. The average molecular weight is 314 g/mol. The molecule has 1 atom stereocenters. The lowest BCUT2D eigenvalue weighted by molar-refractivity contribution is 0.0739. The van der Waals surface area contributed by atoms with Gasteiger partial charge in [0.1, 0.15) is 0 Å². The Morgan fingerprint density at radius 2 is 1.64 bits per heavy atom. The van der Waals surface area contributed by atoms with Gasteiger partial charge in [-0.15, -0.1) is 0 Å². The van der Waals surface area contributed by atoms with Crippen molar-refractivity contribution in [3.8, 4) is 11.1 Å². The second-order valence-electron chi connectivity index (χ2n) is 6.69. The molecule has 0 bridgehead atoms. The van der Waals surface area contributed by atoms with Crippen LogP contribution in [0.25, 0.3) is 11.1 Å². The molecule has 0 N–H and O–H groups in total. The lowest BCUT2D eigenvalue weighted by atomic mass is 9.97. The predicted octanol–water partition coefficient (Wildman–Crippen LogP) is 5.15. The number of hydrogen-bond donors (Lipinski definition) is 1. The summed E-state index contributed by atoms with van der Waals surface area (Å²) in [6, 6.07) is 13.9. The molecule has 0 heterocycles. The topological polar surface area (TPSA) is 9.23 Å². The van der Waals surface area contributed by atoms with Gasteiger partial charge in [-0.2, -0.15) is 0 Å². The molecule has 0 saturated heterocycles. The number of thiol groups is 1. The van der Waals surface area contributed by atoms with Crippen molar-refractivity contribution in [3.05, 3.63) is 53.1 Å². The second-order valence-corrected chi connectivity index (χ2v) is 9.00. The fourth-order valence-electron chi connectivity index (χ4n) is 3.21. The molecule has 0 aromatic heterocycles. The van der Waals surface area contributed by atoms with Gasteiger partial charge in [-0.1, -0.05) is 29.8 Å². The molecule has 1 unspecified atom stereocenters. The zero-order valence-electron chi connectivity index (χ0n) is 14.2. The van der Waals surface area contributed by atoms with Crippen molar-refractivity contribution in [1.29, 1.82) is 0 Å². The van der Waals surface area contributed by atoms with E-state index in [0.717, 1.165) is 6.61 Å². The first-order valence-electron chi connectivity index (χ1n) is 8.01. The third-order valence-corrected chi connectivity index (χ3v) is 5.71. The molecule has 1 nitrogen and oxygen atoms in total. The van der Waals surface area contributed by atoms with Crippen molar-refractivity contribution >= 4 is 10.9 Å². The molecule has 22 heavy (non-hydrogen) atoms. The lowest BCUT2D eigenvalue weighted by Crippen LogP contribution is -2.11. The Kier molecular flexibility index (Phi) is 4.33. The predicted molar refractivity (Wildman–Crippen MR) is 98.6 cm³/mol.